The summed E-state index contributed by atoms with van der Waals surface area (Å²) in [6, 6.07) is 6.58. The summed E-state index contributed by atoms with van der Waals surface area (Å²) in [6.45, 7) is 6.32. The lowest BCUT2D eigenvalue weighted by Gasteiger charge is -2.36. The maximum Gasteiger partial charge on any atom is 0.312 e. The van der Waals surface area contributed by atoms with Crippen molar-refractivity contribution in [1.29, 1.82) is 0 Å². The van der Waals surface area contributed by atoms with Crippen LogP contribution in [0.15, 0.2) is 70.2 Å². The molecule has 4 aromatic rings. The van der Waals surface area contributed by atoms with Crippen LogP contribution in [0.4, 0.5) is 8.78 Å². The molecule has 1 aliphatic rings. The average Bonchev–Trinajstić information content (AvgIpc) is 3.56. The third-order valence-electron chi connectivity index (χ3n) is 6.43. The van der Waals surface area contributed by atoms with Gasteiger partial charge in [-0.05, 0) is 62.4 Å². The number of nitrogens with one attached hydrogen (secondary N) is 1. The van der Waals surface area contributed by atoms with Gasteiger partial charge in [0.15, 0.2) is 11.5 Å². The van der Waals surface area contributed by atoms with Crippen molar-refractivity contribution < 1.29 is 18.0 Å². The number of hydrogen-bond acceptors (Lipinski definition) is 7. The van der Waals surface area contributed by atoms with Crippen LogP contribution >= 0.6 is 0 Å². The van der Waals surface area contributed by atoms with Crippen molar-refractivity contribution in [2.45, 2.75) is 39.7 Å². The number of allylic oxidation sites excluding steroid dienone is 1. The van der Waals surface area contributed by atoms with E-state index in [1.807, 2.05) is 20.0 Å². The quantitative estimate of drug-likeness (QED) is 0.401. The Bertz CT molecular complexity index is 1540. The van der Waals surface area contributed by atoms with E-state index in [-0.39, 0.29) is 17.5 Å². The molecule has 190 valence electrons. The smallest absolute Gasteiger partial charge is 0.312 e. The van der Waals surface area contributed by atoms with Crippen LogP contribution in [0.5, 0.6) is 0 Å². The number of carbonyl (C=O) groups is 1. The predicted octanol–water partition coefficient (Wildman–Crippen LogP) is 4.82. The van der Waals surface area contributed by atoms with Crippen molar-refractivity contribution in [1.82, 2.24) is 35.0 Å². The topological polar surface area (TPSA) is 101 Å². The summed E-state index contributed by atoms with van der Waals surface area (Å²) in [5.41, 5.74) is 3.61. The maximum atomic E-state index is 14.5. The fourth-order valence-corrected chi connectivity index (χ4v) is 4.26. The largest absolute Gasteiger partial charge is 0.411 e. The van der Waals surface area contributed by atoms with Crippen LogP contribution in [-0.2, 0) is 0 Å². The minimum atomic E-state index is -0.641. The number of nitrogens with zero attached hydrogens (tertiary/aromatic N) is 6. The van der Waals surface area contributed by atoms with Crippen LogP contribution in [0, 0.1) is 11.6 Å². The summed E-state index contributed by atoms with van der Waals surface area (Å²) in [4.78, 5) is 19.1. The second kappa shape index (κ2) is 9.92. The summed E-state index contributed by atoms with van der Waals surface area (Å²) in [5.74, 6) is -2.10. The molecule has 1 amide bonds. The van der Waals surface area contributed by atoms with Gasteiger partial charge in [0.1, 0.15) is 11.3 Å². The number of carbonyl (C=O) groups excluding carboxylic acids is 1. The molecule has 0 radical (unpaired) electrons. The average molecular weight is 506 g/mol. The van der Waals surface area contributed by atoms with Gasteiger partial charge in [-0.2, -0.15) is 5.10 Å². The van der Waals surface area contributed by atoms with Gasteiger partial charge in [-0.15, -0.1) is 10.2 Å². The van der Waals surface area contributed by atoms with Crippen LogP contribution in [0.2, 0.25) is 0 Å². The molecule has 9 nitrogen and oxygen atoms in total. The molecule has 4 aromatic heterocycles. The Balaban J connectivity index is 1.54. The zero-order valence-corrected chi connectivity index (χ0v) is 20.6. The molecule has 0 aliphatic carbocycles. The maximum absolute atomic E-state index is 14.5. The highest BCUT2D eigenvalue weighted by molar-refractivity contribution is 5.90. The minimum Gasteiger partial charge on any atom is -0.411 e. The number of pyridine rings is 2. The van der Waals surface area contributed by atoms with E-state index in [1.165, 1.54) is 34.5 Å². The van der Waals surface area contributed by atoms with E-state index < -0.39 is 23.6 Å². The van der Waals surface area contributed by atoms with Crippen molar-refractivity contribution in [3.05, 3.63) is 89.0 Å². The van der Waals surface area contributed by atoms with Crippen molar-refractivity contribution in [3.63, 3.8) is 0 Å². The molecule has 1 aliphatic heterocycles. The summed E-state index contributed by atoms with van der Waals surface area (Å²) in [7, 11) is 0. The highest BCUT2D eigenvalue weighted by Gasteiger charge is 2.36. The Morgan fingerprint density at radius 1 is 1.24 bits per heavy atom. The van der Waals surface area contributed by atoms with Crippen molar-refractivity contribution in [2.24, 2.45) is 0 Å². The van der Waals surface area contributed by atoms with Gasteiger partial charge in [-0.3, -0.25) is 4.79 Å². The Kier molecular flexibility index (Phi) is 6.51. The third kappa shape index (κ3) is 4.59. The second-order valence-electron chi connectivity index (χ2n) is 8.80. The third-order valence-corrected chi connectivity index (χ3v) is 6.43. The standard InChI is InChI=1S/C26H25F2N7O2/c1-4-15(2)14-30-19-9-12-34(23(16(19)3)20-13-21-17(27)8-6-11-35(21)33-20)26(36)25-32-31-24(37-25)22-18(28)7-5-10-29-22/h5-8,10-11,13-14,23,30H,4,9,12H2,1-3H3. The molecule has 5 heterocycles. The summed E-state index contributed by atoms with van der Waals surface area (Å²) in [5, 5.41) is 15.6. The molecule has 37 heavy (non-hydrogen) atoms. The molecule has 0 bridgehead atoms. The van der Waals surface area contributed by atoms with Gasteiger partial charge in [0, 0.05) is 31.1 Å². The van der Waals surface area contributed by atoms with Gasteiger partial charge < -0.3 is 14.6 Å². The molecule has 1 unspecified atom stereocenters. The number of aromatic nitrogens is 5. The van der Waals surface area contributed by atoms with Gasteiger partial charge in [0.05, 0.1) is 11.7 Å². The highest BCUT2D eigenvalue weighted by atomic mass is 19.1. The van der Waals surface area contributed by atoms with E-state index >= 15 is 0 Å². The van der Waals surface area contributed by atoms with E-state index in [0.29, 0.717) is 24.2 Å². The fraction of sp³-hybridized carbons (Fsp3) is 0.269. The normalized spacial score (nSPS) is 16.5. The molecule has 1 atom stereocenters. The Morgan fingerprint density at radius 2 is 2.05 bits per heavy atom. The number of rotatable bonds is 6. The van der Waals surface area contributed by atoms with Gasteiger partial charge in [-0.25, -0.2) is 18.3 Å². The zero-order chi connectivity index (χ0) is 26.1. The molecule has 5 rings (SSSR count). The van der Waals surface area contributed by atoms with E-state index in [1.54, 1.807) is 23.2 Å². The molecule has 0 saturated heterocycles. The van der Waals surface area contributed by atoms with E-state index in [9.17, 15) is 13.6 Å². The lowest BCUT2D eigenvalue weighted by Crippen LogP contribution is -2.41. The molecule has 0 aromatic carbocycles. The Morgan fingerprint density at radius 3 is 2.81 bits per heavy atom. The van der Waals surface area contributed by atoms with Crippen LogP contribution in [0.3, 0.4) is 0 Å². The first-order valence-corrected chi connectivity index (χ1v) is 11.9. The van der Waals surface area contributed by atoms with Crippen molar-refractivity contribution in [2.75, 3.05) is 6.54 Å². The first kappa shape index (κ1) is 24.3. The number of amides is 1. The van der Waals surface area contributed by atoms with Crippen LogP contribution in [-0.4, -0.2) is 42.1 Å². The summed E-state index contributed by atoms with van der Waals surface area (Å²) >= 11 is 0. The van der Waals surface area contributed by atoms with E-state index in [4.69, 9.17) is 4.42 Å². The Labute approximate surface area is 211 Å². The number of hydrogen-bond donors (Lipinski definition) is 1. The molecular formula is C26H25F2N7O2. The van der Waals surface area contributed by atoms with Gasteiger partial charge >= 0.3 is 11.8 Å². The zero-order valence-electron chi connectivity index (χ0n) is 20.6. The molecular weight excluding hydrogens is 480 g/mol. The van der Waals surface area contributed by atoms with Crippen LogP contribution < -0.4 is 5.32 Å². The van der Waals surface area contributed by atoms with E-state index in [2.05, 4.69) is 32.5 Å². The molecule has 0 saturated carbocycles. The van der Waals surface area contributed by atoms with Crippen LogP contribution in [0.1, 0.15) is 56.0 Å². The van der Waals surface area contributed by atoms with Crippen molar-refractivity contribution in [3.8, 4) is 11.6 Å². The predicted molar refractivity (Wildman–Crippen MR) is 131 cm³/mol. The lowest BCUT2D eigenvalue weighted by atomic mass is 9.95. The molecule has 1 N–H and O–H groups in total. The Hall–Kier alpha value is -4.41. The minimum absolute atomic E-state index is 0.138. The highest BCUT2D eigenvalue weighted by Crippen LogP contribution is 2.36. The molecule has 0 fully saturated rings. The van der Waals surface area contributed by atoms with Gasteiger partial charge in [0.25, 0.3) is 5.89 Å². The SMILES string of the molecule is CCC(C)=CNC1=C(C)C(c2cc3c(F)cccn3n2)N(C(=O)c2nnc(-c3ncccc3F)o2)CC1. The van der Waals surface area contributed by atoms with Gasteiger partial charge in [-0.1, -0.05) is 12.5 Å². The lowest BCUT2D eigenvalue weighted by molar-refractivity contribution is 0.0645. The molecule has 0 spiro atoms. The van der Waals surface area contributed by atoms with Gasteiger partial charge in [0.2, 0.25) is 0 Å². The monoisotopic (exact) mass is 505 g/mol. The number of halogens is 2. The summed E-state index contributed by atoms with van der Waals surface area (Å²) < 4.78 is 35.6. The van der Waals surface area contributed by atoms with Crippen LogP contribution in [0.25, 0.3) is 17.1 Å². The summed E-state index contributed by atoms with van der Waals surface area (Å²) in [6.07, 6.45) is 6.43. The fourth-order valence-electron chi connectivity index (χ4n) is 4.26. The molecule has 11 heteroatoms. The first-order valence-electron chi connectivity index (χ1n) is 11.9. The number of fused-ring (bicyclic) bond motifs is 1. The first-order chi connectivity index (χ1) is 17.9. The second-order valence-corrected chi connectivity index (χ2v) is 8.80. The van der Waals surface area contributed by atoms with E-state index in [0.717, 1.165) is 17.7 Å². The van der Waals surface area contributed by atoms with Crippen molar-refractivity contribution >= 4 is 11.4 Å².